The number of nitrogen functional groups attached to an aromatic ring is 1. The van der Waals surface area contributed by atoms with Crippen LogP contribution in [0.1, 0.15) is 25.0 Å². The Morgan fingerprint density at radius 3 is 2.60 bits per heavy atom. The lowest BCUT2D eigenvalue weighted by atomic mass is 10.0. The van der Waals surface area contributed by atoms with E-state index in [4.69, 9.17) is 16.3 Å². The van der Waals surface area contributed by atoms with E-state index >= 15 is 0 Å². The molecule has 0 aliphatic carbocycles. The molecule has 2 N–H and O–H groups in total. The van der Waals surface area contributed by atoms with Crippen LogP contribution >= 0.6 is 23.1 Å². The number of hydrogen-bond donors (Lipinski definition) is 1. The average Bonchev–Trinajstić information content (AvgIpc) is 2.42. The molecule has 0 atom stereocenters. The van der Waals surface area contributed by atoms with Crippen molar-refractivity contribution in [2.75, 3.05) is 5.73 Å². The maximum absolute atomic E-state index is 8.98. The minimum absolute atomic E-state index is 0.448. The summed E-state index contributed by atoms with van der Waals surface area (Å²) in [6.45, 7) is 4.16. The van der Waals surface area contributed by atoms with E-state index in [9.17, 15) is 0 Å². The fraction of sp³-hybridized carbons (Fsp3) is 0.400. The average molecular weight is 237 g/mol. The SMILES string of the molecule is CC(C)Cc1c(SC#N)sc(N)c1C#N. The molecule has 1 rings (SSSR count). The van der Waals surface area contributed by atoms with Gasteiger partial charge in [-0.15, -0.1) is 11.3 Å². The Morgan fingerprint density at radius 1 is 1.47 bits per heavy atom. The zero-order valence-electron chi connectivity index (χ0n) is 8.57. The third-order valence-electron chi connectivity index (χ3n) is 1.86. The number of hydrogen-bond acceptors (Lipinski definition) is 5. The molecule has 0 aromatic carbocycles. The molecule has 0 saturated carbocycles. The van der Waals surface area contributed by atoms with Crippen LogP contribution in [0.3, 0.4) is 0 Å². The summed E-state index contributed by atoms with van der Waals surface area (Å²) in [7, 11) is 0. The van der Waals surface area contributed by atoms with Gasteiger partial charge >= 0.3 is 0 Å². The van der Waals surface area contributed by atoms with E-state index < -0.39 is 0 Å². The first kappa shape index (κ1) is 11.9. The largest absolute Gasteiger partial charge is 0.389 e. The lowest BCUT2D eigenvalue weighted by Crippen LogP contribution is -1.96. The van der Waals surface area contributed by atoms with E-state index in [0.29, 0.717) is 16.5 Å². The van der Waals surface area contributed by atoms with Crippen LogP contribution in [-0.2, 0) is 6.42 Å². The van der Waals surface area contributed by atoms with Gasteiger partial charge in [-0.3, -0.25) is 0 Å². The molecule has 0 bridgehead atoms. The van der Waals surface area contributed by atoms with E-state index in [-0.39, 0.29) is 0 Å². The van der Waals surface area contributed by atoms with Crippen LogP contribution in [-0.4, -0.2) is 0 Å². The molecule has 5 heteroatoms. The fourth-order valence-electron chi connectivity index (χ4n) is 1.30. The Labute approximate surface area is 97.5 Å². The maximum atomic E-state index is 8.98. The van der Waals surface area contributed by atoms with Crippen molar-refractivity contribution in [3.8, 4) is 11.5 Å². The van der Waals surface area contributed by atoms with Crippen LogP contribution in [0.5, 0.6) is 0 Å². The van der Waals surface area contributed by atoms with Gasteiger partial charge in [-0.05, 0) is 17.9 Å². The standard InChI is InChI=1S/C10H11N3S2/c1-6(2)3-7-8(4-11)9(13)15-10(7)14-5-12/h6H,3,13H2,1-2H3. The van der Waals surface area contributed by atoms with Crippen molar-refractivity contribution in [2.24, 2.45) is 5.92 Å². The topological polar surface area (TPSA) is 73.6 Å². The van der Waals surface area contributed by atoms with Crippen LogP contribution in [0, 0.1) is 27.9 Å². The van der Waals surface area contributed by atoms with Gasteiger partial charge < -0.3 is 5.73 Å². The number of nitrogens with two attached hydrogens (primary N) is 1. The van der Waals surface area contributed by atoms with E-state index in [0.717, 1.165) is 28.0 Å². The first-order valence-corrected chi connectivity index (χ1v) is 6.10. The van der Waals surface area contributed by atoms with Crippen molar-refractivity contribution < 1.29 is 0 Å². The summed E-state index contributed by atoms with van der Waals surface area (Å²) in [5, 5.41) is 20.2. The zero-order chi connectivity index (χ0) is 11.4. The molecule has 15 heavy (non-hydrogen) atoms. The lowest BCUT2D eigenvalue weighted by molar-refractivity contribution is 0.642. The highest BCUT2D eigenvalue weighted by Crippen LogP contribution is 2.38. The van der Waals surface area contributed by atoms with Crippen molar-refractivity contribution in [1.29, 1.82) is 10.5 Å². The molecule has 1 aromatic heterocycles. The number of nitrogens with zero attached hydrogens (tertiary/aromatic N) is 2. The molecule has 0 spiro atoms. The van der Waals surface area contributed by atoms with Crippen molar-refractivity contribution in [3.05, 3.63) is 11.1 Å². The normalized spacial score (nSPS) is 9.93. The van der Waals surface area contributed by atoms with Crippen LogP contribution in [0.25, 0.3) is 0 Å². The number of anilines is 1. The molecule has 0 saturated heterocycles. The monoisotopic (exact) mass is 237 g/mol. The van der Waals surface area contributed by atoms with Crippen LogP contribution < -0.4 is 5.73 Å². The van der Waals surface area contributed by atoms with Crippen molar-refractivity contribution in [1.82, 2.24) is 0 Å². The summed E-state index contributed by atoms with van der Waals surface area (Å²) in [5.74, 6) is 0.448. The first-order chi connectivity index (χ1) is 7.10. The minimum Gasteiger partial charge on any atom is -0.389 e. The molecule has 0 fully saturated rings. The summed E-state index contributed by atoms with van der Waals surface area (Å²) in [6.07, 6.45) is 0.792. The van der Waals surface area contributed by atoms with Gasteiger partial charge in [0.25, 0.3) is 0 Å². The molecule has 1 heterocycles. The Kier molecular flexibility index (Phi) is 4.02. The predicted molar refractivity (Wildman–Crippen MR) is 63.5 cm³/mol. The number of rotatable bonds is 3. The van der Waals surface area contributed by atoms with Gasteiger partial charge in [0.2, 0.25) is 0 Å². The molecule has 0 unspecified atom stereocenters. The Morgan fingerprint density at radius 2 is 2.13 bits per heavy atom. The maximum Gasteiger partial charge on any atom is 0.139 e. The Hall–Kier alpha value is -1.17. The van der Waals surface area contributed by atoms with Crippen molar-refractivity contribution in [3.63, 3.8) is 0 Å². The molecule has 0 radical (unpaired) electrons. The summed E-state index contributed by atoms with van der Waals surface area (Å²) in [4.78, 5) is 0. The highest BCUT2D eigenvalue weighted by molar-refractivity contribution is 8.05. The summed E-state index contributed by atoms with van der Waals surface area (Å²) >= 11 is 2.42. The highest BCUT2D eigenvalue weighted by Gasteiger charge is 2.17. The summed E-state index contributed by atoms with van der Waals surface area (Å²) in [5.41, 5.74) is 7.21. The highest BCUT2D eigenvalue weighted by atomic mass is 32.2. The van der Waals surface area contributed by atoms with Gasteiger partial charge in [0, 0.05) is 11.8 Å². The van der Waals surface area contributed by atoms with Gasteiger partial charge in [-0.1, -0.05) is 13.8 Å². The molecule has 3 nitrogen and oxygen atoms in total. The molecule has 0 aliphatic heterocycles. The lowest BCUT2D eigenvalue weighted by Gasteiger charge is -2.04. The van der Waals surface area contributed by atoms with Crippen LogP contribution in [0.2, 0.25) is 0 Å². The molecular weight excluding hydrogens is 226 g/mol. The predicted octanol–water partition coefficient (Wildman–Crippen LogP) is 2.97. The molecular formula is C10H11N3S2. The third-order valence-corrected chi connectivity index (χ3v) is 3.74. The fourth-order valence-corrected chi connectivity index (χ4v) is 3.02. The molecule has 0 amide bonds. The van der Waals surface area contributed by atoms with E-state index in [2.05, 4.69) is 19.9 Å². The number of thioether (sulfide) groups is 1. The summed E-state index contributed by atoms with van der Waals surface area (Å²) < 4.78 is 0.861. The van der Waals surface area contributed by atoms with E-state index in [1.165, 1.54) is 11.3 Å². The summed E-state index contributed by atoms with van der Waals surface area (Å²) in [6, 6.07) is 2.11. The molecule has 1 aromatic rings. The second-order valence-electron chi connectivity index (χ2n) is 3.51. The minimum atomic E-state index is 0.448. The Bertz CT molecular complexity index is 435. The second-order valence-corrected chi connectivity index (χ2v) is 5.62. The van der Waals surface area contributed by atoms with Gasteiger partial charge in [0.15, 0.2) is 0 Å². The number of nitriles is 2. The molecule has 78 valence electrons. The zero-order valence-corrected chi connectivity index (χ0v) is 10.2. The number of thiocyanates is 1. The van der Waals surface area contributed by atoms with Crippen LogP contribution in [0.15, 0.2) is 4.21 Å². The smallest absolute Gasteiger partial charge is 0.139 e. The van der Waals surface area contributed by atoms with Gasteiger partial charge in [0.05, 0.1) is 9.77 Å². The third kappa shape index (κ3) is 2.65. The van der Waals surface area contributed by atoms with Crippen molar-refractivity contribution in [2.45, 2.75) is 24.5 Å². The first-order valence-electron chi connectivity index (χ1n) is 4.47. The van der Waals surface area contributed by atoms with E-state index in [1.54, 1.807) is 0 Å². The second kappa shape index (κ2) is 5.06. The van der Waals surface area contributed by atoms with Gasteiger partial charge in [-0.25, -0.2) is 0 Å². The molecule has 0 aliphatic rings. The van der Waals surface area contributed by atoms with E-state index in [1.807, 2.05) is 5.40 Å². The Balaban J connectivity index is 3.18. The van der Waals surface area contributed by atoms with Crippen molar-refractivity contribution >= 4 is 28.1 Å². The van der Waals surface area contributed by atoms with Crippen LogP contribution in [0.4, 0.5) is 5.00 Å². The van der Waals surface area contributed by atoms with Gasteiger partial charge in [0.1, 0.15) is 16.5 Å². The van der Waals surface area contributed by atoms with Gasteiger partial charge in [-0.2, -0.15) is 10.5 Å². The quantitative estimate of drug-likeness (QED) is 0.648. The number of thiophene rings is 1.